The minimum atomic E-state index is 0.603. The molecule has 2 heteroatoms. The van der Waals surface area contributed by atoms with Crippen LogP contribution >= 0.6 is 11.6 Å². The third-order valence-electron chi connectivity index (χ3n) is 2.46. The number of likely N-dealkylation sites (tertiary alicyclic amines) is 1. The molecule has 0 atom stereocenters. The fourth-order valence-corrected chi connectivity index (χ4v) is 1.77. The maximum Gasteiger partial charge on any atom is 0.0351 e. The van der Waals surface area contributed by atoms with E-state index >= 15 is 0 Å². The van der Waals surface area contributed by atoms with Gasteiger partial charge in [0, 0.05) is 25.5 Å². The lowest BCUT2D eigenvalue weighted by Gasteiger charge is -2.47. The van der Waals surface area contributed by atoms with Crippen molar-refractivity contribution < 1.29 is 0 Å². The van der Waals surface area contributed by atoms with Gasteiger partial charge in [0.15, 0.2) is 0 Å². The summed E-state index contributed by atoms with van der Waals surface area (Å²) in [7, 11) is 0. The van der Waals surface area contributed by atoms with Gasteiger partial charge in [0.05, 0.1) is 0 Å². The lowest BCUT2D eigenvalue weighted by molar-refractivity contribution is 0.0182. The quantitative estimate of drug-likeness (QED) is 0.572. The lowest BCUT2D eigenvalue weighted by atomic mass is 9.80. The Balaban J connectivity index is 2.16. The van der Waals surface area contributed by atoms with Crippen LogP contribution < -0.4 is 0 Å². The van der Waals surface area contributed by atoms with Crippen LogP contribution in [0.3, 0.4) is 0 Å². The number of alkyl halides is 1. The van der Waals surface area contributed by atoms with E-state index in [0.29, 0.717) is 5.41 Å². The first-order valence-electron chi connectivity index (χ1n) is 3.98. The zero-order chi connectivity index (χ0) is 7.61. The Morgan fingerprint density at radius 2 is 2.10 bits per heavy atom. The second kappa shape index (κ2) is 3.10. The molecule has 1 saturated heterocycles. The summed E-state index contributed by atoms with van der Waals surface area (Å²) in [6.45, 7) is 8.17. The van der Waals surface area contributed by atoms with Crippen LogP contribution in [-0.2, 0) is 0 Å². The van der Waals surface area contributed by atoms with Gasteiger partial charge in [-0.2, -0.15) is 0 Å². The number of hydrogen-bond donors (Lipinski definition) is 0. The van der Waals surface area contributed by atoms with E-state index in [1.54, 1.807) is 0 Å². The molecule has 0 spiro atoms. The Bertz CT molecular complexity index is 108. The number of nitrogens with zero attached hydrogens (tertiary/aromatic N) is 1. The molecule has 0 radical (unpaired) electrons. The fraction of sp³-hybridized carbons (Fsp3) is 1.00. The smallest absolute Gasteiger partial charge is 0.0351 e. The van der Waals surface area contributed by atoms with Gasteiger partial charge in [0.1, 0.15) is 0 Å². The van der Waals surface area contributed by atoms with Crippen LogP contribution in [0, 0.1) is 5.41 Å². The molecule has 1 fully saturated rings. The summed E-state index contributed by atoms with van der Waals surface area (Å²) < 4.78 is 0. The van der Waals surface area contributed by atoms with Crippen molar-refractivity contribution in [1.29, 1.82) is 0 Å². The van der Waals surface area contributed by atoms with Crippen LogP contribution in [-0.4, -0.2) is 30.4 Å². The summed E-state index contributed by atoms with van der Waals surface area (Å²) >= 11 is 5.60. The van der Waals surface area contributed by atoms with Crippen LogP contribution in [0.2, 0.25) is 0 Å². The molecule has 1 aliphatic rings. The molecule has 0 unspecified atom stereocenters. The normalized spacial score (nSPS) is 24.3. The monoisotopic (exact) mass is 161 g/mol. The standard InChI is InChI=1S/C8H16ClN/c1-3-8(2)6-10(7-8)5-4-9/h3-7H2,1-2H3. The van der Waals surface area contributed by atoms with Gasteiger partial charge >= 0.3 is 0 Å². The first-order valence-corrected chi connectivity index (χ1v) is 4.52. The molecule has 1 aliphatic heterocycles. The zero-order valence-corrected chi connectivity index (χ0v) is 7.62. The van der Waals surface area contributed by atoms with Gasteiger partial charge in [-0.3, -0.25) is 0 Å². The highest BCUT2D eigenvalue weighted by molar-refractivity contribution is 6.18. The zero-order valence-electron chi connectivity index (χ0n) is 6.86. The highest BCUT2D eigenvalue weighted by Gasteiger charge is 2.35. The third kappa shape index (κ3) is 1.64. The Kier molecular flexibility index (Phi) is 2.59. The van der Waals surface area contributed by atoms with Crippen molar-refractivity contribution in [3.8, 4) is 0 Å². The third-order valence-corrected chi connectivity index (χ3v) is 2.63. The largest absolute Gasteiger partial charge is 0.301 e. The van der Waals surface area contributed by atoms with Crippen molar-refractivity contribution >= 4 is 11.6 Å². The minimum absolute atomic E-state index is 0.603. The second-order valence-electron chi connectivity index (χ2n) is 3.56. The van der Waals surface area contributed by atoms with Gasteiger partial charge in [-0.1, -0.05) is 13.8 Å². The van der Waals surface area contributed by atoms with Gasteiger partial charge in [-0.15, -0.1) is 11.6 Å². The predicted molar refractivity (Wildman–Crippen MR) is 45.6 cm³/mol. The molecular formula is C8H16ClN. The van der Waals surface area contributed by atoms with E-state index in [2.05, 4.69) is 18.7 Å². The SMILES string of the molecule is CCC1(C)CN(CCCl)C1. The van der Waals surface area contributed by atoms with E-state index in [1.165, 1.54) is 19.5 Å². The van der Waals surface area contributed by atoms with Crippen LogP contribution in [0.1, 0.15) is 20.3 Å². The van der Waals surface area contributed by atoms with Crippen LogP contribution in [0.5, 0.6) is 0 Å². The molecule has 0 aliphatic carbocycles. The average Bonchev–Trinajstić information content (AvgIpc) is 1.85. The van der Waals surface area contributed by atoms with E-state index in [-0.39, 0.29) is 0 Å². The molecule has 1 nitrogen and oxygen atoms in total. The molecule has 60 valence electrons. The van der Waals surface area contributed by atoms with E-state index in [4.69, 9.17) is 11.6 Å². The molecule has 0 aromatic carbocycles. The maximum atomic E-state index is 5.60. The molecule has 0 bridgehead atoms. The number of halogens is 1. The Morgan fingerprint density at radius 1 is 1.50 bits per heavy atom. The summed E-state index contributed by atoms with van der Waals surface area (Å²) in [6.07, 6.45) is 1.30. The summed E-state index contributed by atoms with van der Waals surface area (Å²) in [6, 6.07) is 0. The summed E-state index contributed by atoms with van der Waals surface area (Å²) in [5.74, 6) is 0.778. The van der Waals surface area contributed by atoms with E-state index in [0.717, 1.165) is 12.4 Å². The molecule has 0 aromatic rings. The van der Waals surface area contributed by atoms with Gasteiger partial charge in [0.2, 0.25) is 0 Å². The highest BCUT2D eigenvalue weighted by atomic mass is 35.5. The Morgan fingerprint density at radius 3 is 2.50 bits per heavy atom. The van der Waals surface area contributed by atoms with Crippen molar-refractivity contribution in [2.75, 3.05) is 25.5 Å². The second-order valence-corrected chi connectivity index (χ2v) is 3.94. The number of rotatable bonds is 3. The van der Waals surface area contributed by atoms with Gasteiger partial charge in [0.25, 0.3) is 0 Å². The summed E-state index contributed by atoms with van der Waals surface area (Å²) in [4.78, 5) is 2.41. The number of hydrogen-bond acceptors (Lipinski definition) is 1. The maximum absolute atomic E-state index is 5.60. The van der Waals surface area contributed by atoms with Crippen molar-refractivity contribution in [3.63, 3.8) is 0 Å². The van der Waals surface area contributed by atoms with Crippen molar-refractivity contribution in [1.82, 2.24) is 4.90 Å². The molecular weight excluding hydrogens is 146 g/mol. The molecule has 0 amide bonds. The Labute approximate surface area is 68.4 Å². The molecule has 10 heavy (non-hydrogen) atoms. The summed E-state index contributed by atoms with van der Waals surface area (Å²) in [5, 5.41) is 0. The first-order chi connectivity index (χ1) is 4.70. The van der Waals surface area contributed by atoms with E-state index in [9.17, 15) is 0 Å². The van der Waals surface area contributed by atoms with Gasteiger partial charge in [-0.05, 0) is 11.8 Å². The fourth-order valence-electron chi connectivity index (χ4n) is 1.53. The minimum Gasteiger partial charge on any atom is -0.301 e. The highest BCUT2D eigenvalue weighted by Crippen LogP contribution is 2.32. The van der Waals surface area contributed by atoms with Crippen LogP contribution in [0.4, 0.5) is 0 Å². The van der Waals surface area contributed by atoms with Crippen LogP contribution in [0.25, 0.3) is 0 Å². The Hall–Kier alpha value is 0.250. The topological polar surface area (TPSA) is 3.24 Å². The van der Waals surface area contributed by atoms with Crippen molar-refractivity contribution in [3.05, 3.63) is 0 Å². The van der Waals surface area contributed by atoms with Crippen molar-refractivity contribution in [2.24, 2.45) is 5.41 Å². The predicted octanol–water partition coefficient (Wildman–Crippen LogP) is 1.96. The van der Waals surface area contributed by atoms with Crippen molar-refractivity contribution in [2.45, 2.75) is 20.3 Å². The molecule has 1 rings (SSSR count). The lowest BCUT2D eigenvalue weighted by Crippen LogP contribution is -2.54. The van der Waals surface area contributed by atoms with E-state index < -0.39 is 0 Å². The molecule has 0 aromatic heterocycles. The molecule has 0 N–H and O–H groups in total. The first kappa shape index (κ1) is 8.35. The average molecular weight is 162 g/mol. The van der Waals surface area contributed by atoms with E-state index in [1.807, 2.05) is 0 Å². The van der Waals surface area contributed by atoms with Gasteiger partial charge in [-0.25, -0.2) is 0 Å². The molecule has 1 heterocycles. The molecule has 0 saturated carbocycles. The van der Waals surface area contributed by atoms with Crippen LogP contribution in [0.15, 0.2) is 0 Å². The van der Waals surface area contributed by atoms with Gasteiger partial charge < -0.3 is 4.90 Å². The summed E-state index contributed by atoms with van der Waals surface area (Å²) in [5.41, 5.74) is 0.603.